The van der Waals surface area contributed by atoms with Gasteiger partial charge >= 0.3 is 0 Å². The molecule has 0 aromatic carbocycles. The molecule has 6 heterocycles. The fourth-order valence-corrected chi connectivity index (χ4v) is 9.92. The number of nitrogens with one attached hydrogen (secondary N) is 1. The lowest BCUT2D eigenvalue weighted by Gasteiger charge is -2.38. The summed E-state index contributed by atoms with van der Waals surface area (Å²) in [5.74, 6) is -0.290. The monoisotopic (exact) mass is 564 g/mol. The van der Waals surface area contributed by atoms with Gasteiger partial charge in [-0.15, -0.1) is 11.3 Å². The van der Waals surface area contributed by atoms with Gasteiger partial charge in [0.1, 0.15) is 22.7 Å². The predicted octanol–water partition coefficient (Wildman–Crippen LogP) is 1.70. The van der Waals surface area contributed by atoms with Gasteiger partial charge in [0.2, 0.25) is 5.91 Å². The summed E-state index contributed by atoms with van der Waals surface area (Å²) in [6.07, 6.45) is 3.39. The smallest absolute Gasteiger partial charge is 0.275 e. The third-order valence-electron chi connectivity index (χ3n) is 8.42. The summed E-state index contributed by atoms with van der Waals surface area (Å²) in [7, 11) is -3.28. The number of hydrogen-bond acceptors (Lipinski definition) is 10. The highest BCUT2D eigenvalue weighted by Gasteiger charge is 2.57. The number of anilines is 2. The molecular weight excluding hydrogens is 540 g/mol. The van der Waals surface area contributed by atoms with Gasteiger partial charge in [0, 0.05) is 30.3 Å². The Kier molecular flexibility index (Phi) is 5.13. The average molecular weight is 565 g/mol. The zero-order chi connectivity index (χ0) is 27.3. The summed E-state index contributed by atoms with van der Waals surface area (Å²) in [5.41, 5.74) is 0.715. The van der Waals surface area contributed by atoms with Gasteiger partial charge in [-0.2, -0.15) is 5.26 Å². The normalized spacial score (nSPS) is 22.6. The number of hydrogen-bond donors (Lipinski definition) is 1. The SMILES string of the molecule is Cc1cc(Nc2ncnc3sc4c(c23)CC[C@H](C(=O)N2CC(C#N)C2)C4)c(=O)n2c1C(=O)CC21CS(=O)(=O)C1. The molecule has 1 aliphatic carbocycles. The second-order valence-electron chi connectivity index (χ2n) is 11.1. The second-order valence-corrected chi connectivity index (χ2v) is 14.3. The van der Waals surface area contributed by atoms with Gasteiger partial charge < -0.3 is 10.2 Å². The van der Waals surface area contributed by atoms with E-state index in [1.807, 2.05) is 0 Å². The van der Waals surface area contributed by atoms with E-state index in [-0.39, 0.29) is 52.8 Å². The first kappa shape index (κ1) is 24.4. The van der Waals surface area contributed by atoms with E-state index in [1.165, 1.54) is 22.2 Å². The van der Waals surface area contributed by atoms with Crippen molar-refractivity contribution in [1.29, 1.82) is 5.26 Å². The van der Waals surface area contributed by atoms with Crippen LogP contribution in [0, 0.1) is 30.1 Å². The van der Waals surface area contributed by atoms with E-state index in [9.17, 15) is 22.8 Å². The van der Waals surface area contributed by atoms with Crippen LogP contribution in [0.1, 0.15) is 39.3 Å². The summed E-state index contributed by atoms with van der Waals surface area (Å²) in [5, 5.41) is 13.0. The largest absolute Gasteiger partial charge is 0.340 e. The van der Waals surface area contributed by atoms with Crippen molar-refractivity contribution >= 4 is 54.6 Å². The zero-order valence-corrected chi connectivity index (χ0v) is 22.7. The molecule has 0 bridgehead atoms. The third kappa shape index (κ3) is 3.57. The Hall–Kier alpha value is -3.63. The summed E-state index contributed by atoms with van der Waals surface area (Å²) < 4.78 is 25.5. The molecule has 3 aromatic rings. The van der Waals surface area contributed by atoms with E-state index in [0.717, 1.165) is 20.7 Å². The van der Waals surface area contributed by atoms with Crippen LogP contribution in [0.15, 0.2) is 17.2 Å². The van der Waals surface area contributed by atoms with E-state index >= 15 is 0 Å². The Morgan fingerprint density at radius 1 is 1.26 bits per heavy atom. The van der Waals surface area contributed by atoms with E-state index in [4.69, 9.17) is 5.26 Å². The van der Waals surface area contributed by atoms with Crippen molar-refractivity contribution in [3.8, 4) is 6.07 Å². The van der Waals surface area contributed by atoms with E-state index in [1.54, 1.807) is 17.9 Å². The van der Waals surface area contributed by atoms with Crippen molar-refractivity contribution in [1.82, 2.24) is 19.4 Å². The first-order valence-electron chi connectivity index (χ1n) is 12.8. The number of Topliss-reactive ketones (excluding diaryl/α,β-unsaturated/α-hetero) is 1. The number of ketones is 1. The molecule has 1 N–H and O–H groups in total. The number of amides is 1. The van der Waals surface area contributed by atoms with Crippen molar-refractivity contribution in [2.24, 2.45) is 11.8 Å². The number of thiophene rings is 1. The molecule has 2 fully saturated rings. The topological polar surface area (TPSA) is 155 Å². The number of fused-ring (bicyclic) bond motifs is 5. The van der Waals surface area contributed by atoms with Crippen LogP contribution in [-0.4, -0.2) is 64.1 Å². The van der Waals surface area contributed by atoms with E-state index < -0.39 is 20.9 Å². The number of aromatic nitrogens is 3. The minimum Gasteiger partial charge on any atom is -0.340 e. The number of nitriles is 1. The molecule has 3 aliphatic heterocycles. The van der Waals surface area contributed by atoms with Crippen LogP contribution in [-0.2, 0) is 33.0 Å². The van der Waals surface area contributed by atoms with Crippen LogP contribution >= 0.6 is 11.3 Å². The number of likely N-dealkylation sites (tertiary alicyclic amines) is 1. The Morgan fingerprint density at radius 3 is 2.74 bits per heavy atom. The van der Waals surface area contributed by atoms with Crippen molar-refractivity contribution in [2.75, 3.05) is 29.9 Å². The van der Waals surface area contributed by atoms with Crippen molar-refractivity contribution in [3.63, 3.8) is 0 Å². The minimum atomic E-state index is -3.28. The van der Waals surface area contributed by atoms with Crippen molar-refractivity contribution in [3.05, 3.63) is 44.4 Å². The maximum atomic E-state index is 13.7. The highest BCUT2D eigenvalue weighted by molar-refractivity contribution is 7.93. The second kappa shape index (κ2) is 8.19. The summed E-state index contributed by atoms with van der Waals surface area (Å²) in [6.45, 7) is 2.75. The van der Waals surface area contributed by atoms with Crippen LogP contribution in [0.4, 0.5) is 11.5 Å². The van der Waals surface area contributed by atoms with Crippen molar-refractivity contribution < 1.29 is 18.0 Å². The van der Waals surface area contributed by atoms with E-state index in [2.05, 4.69) is 21.4 Å². The van der Waals surface area contributed by atoms with Gasteiger partial charge in [0.15, 0.2) is 15.6 Å². The molecule has 3 aromatic heterocycles. The fraction of sp³-hybridized carbons (Fsp3) is 0.462. The van der Waals surface area contributed by atoms with Gasteiger partial charge in [-0.05, 0) is 43.4 Å². The lowest BCUT2D eigenvalue weighted by Crippen LogP contribution is -2.57. The Balaban J connectivity index is 1.23. The summed E-state index contributed by atoms with van der Waals surface area (Å²) in [4.78, 5) is 51.9. The number of aryl methyl sites for hydroxylation is 2. The molecule has 200 valence electrons. The molecule has 4 aliphatic rings. The van der Waals surface area contributed by atoms with Crippen LogP contribution in [0.3, 0.4) is 0 Å². The highest BCUT2D eigenvalue weighted by atomic mass is 32.2. The molecular formula is C26H24N6O5S2. The molecule has 39 heavy (non-hydrogen) atoms. The molecule has 7 rings (SSSR count). The van der Waals surface area contributed by atoms with Crippen LogP contribution < -0.4 is 10.9 Å². The Morgan fingerprint density at radius 2 is 2.03 bits per heavy atom. The lowest BCUT2D eigenvalue weighted by molar-refractivity contribution is -0.141. The summed E-state index contributed by atoms with van der Waals surface area (Å²) in [6, 6.07) is 3.83. The predicted molar refractivity (Wildman–Crippen MR) is 143 cm³/mol. The fourth-order valence-electron chi connectivity index (χ4n) is 6.64. The molecule has 2 saturated heterocycles. The molecule has 0 saturated carbocycles. The molecule has 13 heteroatoms. The van der Waals surface area contributed by atoms with E-state index in [0.29, 0.717) is 43.7 Å². The van der Waals surface area contributed by atoms with Gasteiger partial charge in [0.05, 0.1) is 40.1 Å². The van der Waals surface area contributed by atoms with Crippen LogP contribution in [0.2, 0.25) is 0 Å². The van der Waals surface area contributed by atoms with Gasteiger partial charge in [-0.1, -0.05) is 0 Å². The maximum Gasteiger partial charge on any atom is 0.275 e. The number of sulfone groups is 1. The lowest BCUT2D eigenvalue weighted by atomic mass is 9.85. The average Bonchev–Trinajstić information content (AvgIpc) is 3.36. The number of nitrogens with zero attached hydrogens (tertiary/aromatic N) is 5. The first-order chi connectivity index (χ1) is 18.6. The third-order valence-corrected chi connectivity index (χ3v) is 11.5. The molecule has 11 nitrogen and oxygen atoms in total. The van der Waals surface area contributed by atoms with Crippen molar-refractivity contribution in [2.45, 2.75) is 38.1 Å². The number of pyridine rings is 1. The summed E-state index contributed by atoms with van der Waals surface area (Å²) >= 11 is 1.52. The van der Waals surface area contributed by atoms with Gasteiger partial charge in [-0.25, -0.2) is 18.4 Å². The maximum absolute atomic E-state index is 13.7. The number of carbonyl (C=O) groups is 2. The molecule has 0 radical (unpaired) electrons. The number of carbonyl (C=O) groups excluding carboxylic acids is 2. The van der Waals surface area contributed by atoms with Crippen LogP contribution in [0.25, 0.3) is 10.2 Å². The Labute approximate surface area is 227 Å². The quantitative estimate of drug-likeness (QED) is 0.500. The highest BCUT2D eigenvalue weighted by Crippen LogP contribution is 2.43. The molecule has 0 unspecified atom stereocenters. The Bertz CT molecular complexity index is 1820. The van der Waals surface area contributed by atoms with Gasteiger partial charge in [0.25, 0.3) is 5.56 Å². The zero-order valence-electron chi connectivity index (χ0n) is 21.1. The van der Waals surface area contributed by atoms with Gasteiger partial charge in [-0.3, -0.25) is 19.0 Å². The first-order valence-corrected chi connectivity index (χ1v) is 15.4. The molecule has 1 spiro atoms. The molecule has 1 atom stereocenters. The number of rotatable bonds is 3. The molecule has 1 amide bonds. The van der Waals surface area contributed by atoms with Crippen LogP contribution in [0.5, 0.6) is 0 Å². The minimum absolute atomic E-state index is 0.00996. The standard InChI is InChI=1S/C26H24N6O5S2/c1-13-4-17(25(35)32-21(13)18(33)6-26(32)10-39(36,37)11-26)30-22-20-16-3-2-15(24(34)31-8-14(7-27)9-31)5-19(16)38-23(20)29-12-28-22/h4,12,14-15H,2-3,5-6,8-11H2,1H3,(H,28,29,30)/t15-/m0/s1.